The first kappa shape index (κ1) is 30.1. The second-order valence-corrected chi connectivity index (χ2v) is 15.2. The quantitative estimate of drug-likeness (QED) is 0.114. The zero-order chi connectivity index (χ0) is 28.6. The molecule has 8 nitrogen and oxygen atoms in total. The van der Waals surface area contributed by atoms with Crippen LogP contribution in [-0.4, -0.2) is 54.7 Å². The molecule has 0 N–H and O–H groups in total. The average Bonchev–Trinajstić information content (AvgIpc) is 3.56. The van der Waals surface area contributed by atoms with Gasteiger partial charge in [0.25, 0.3) is 10.0 Å². The Balaban J connectivity index is 1.78. The van der Waals surface area contributed by atoms with Gasteiger partial charge in [0, 0.05) is 0 Å². The molecule has 4 atom stereocenters. The van der Waals surface area contributed by atoms with Gasteiger partial charge < -0.3 is 4.74 Å². The van der Waals surface area contributed by atoms with Crippen molar-refractivity contribution in [1.29, 1.82) is 0 Å². The summed E-state index contributed by atoms with van der Waals surface area (Å²) in [4.78, 5) is 12.8. The molecule has 1 aliphatic heterocycles. The first-order valence-electron chi connectivity index (χ1n) is 12.6. The lowest BCUT2D eigenvalue weighted by molar-refractivity contribution is -0.116. The van der Waals surface area contributed by atoms with Crippen molar-refractivity contribution in [2.75, 3.05) is 6.61 Å². The van der Waals surface area contributed by atoms with Crippen molar-refractivity contribution in [3.05, 3.63) is 71.3 Å². The van der Waals surface area contributed by atoms with E-state index in [-0.39, 0.29) is 28.1 Å². The summed E-state index contributed by atoms with van der Waals surface area (Å²) in [7, 11) is -8.35. The number of hydrogen-bond donors (Lipinski definition) is 0. The minimum absolute atomic E-state index is 0.0201. The maximum Gasteiger partial charge on any atom is 0.285 e. The predicted octanol–water partition coefficient (Wildman–Crippen LogP) is 5.42. The largest absolute Gasteiger partial charge is 0.480 e. The summed E-state index contributed by atoms with van der Waals surface area (Å²) in [6.45, 7) is 5.43. The van der Waals surface area contributed by atoms with Crippen LogP contribution < -0.4 is 0 Å². The summed E-state index contributed by atoms with van der Waals surface area (Å²) in [5, 5.41) is 0. The fourth-order valence-electron chi connectivity index (χ4n) is 4.55. The average molecular weight is 702 g/mol. The first-order chi connectivity index (χ1) is 18.3. The number of sulfonamides is 2. The predicted molar refractivity (Wildman–Crippen MR) is 157 cm³/mol. The maximum atomic E-state index is 13.8. The topological polar surface area (TPSA) is 110 Å². The molecule has 12 heteroatoms. The van der Waals surface area contributed by atoms with Crippen LogP contribution in [0.3, 0.4) is 0 Å². The van der Waals surface area contributed by atoms with Crippen LogP contribution >= 0.6 is 31.9 Å². The second kappa shape index (κ2) is 11.6. The van der Waals surface area contributed by atoms with Gasteiger partial charge in [-0.3, -0.25) is 4.79 Å². The second-order valence-electron chi connectivity index (χ2n) is 9.59. The van der Waals surface area contributed by atoms with Crippen LogP contribution in [0.5, 0.6) is 0 Å². The number of carbonyl (C=O) groups is 1. The first-order valence-corrected chi connectivity index (χ1v) is 17.1. The number of alkyl halides is 2. The van der Waals surface area contributed by atoms with E-state index in [1.54, 1.807) is 31.2 Å². The minimum atomic E-state index is -4.18. The third-order valence-corrected chi connectivity index (χ3v) is 12.2. The molecule has 0 bridgehead atoms. The van der Waals surface area contributed by atoms with E-state index >= 15 is 0 Å². The lowest BCUT2D eigenvalue weighted by atomic mass is 9.94. The van der Waals surface area contributed by atoms with E-state index in [1.165, 1.54) is 24.3 Å². The van der Waals surface area contributed by atoms with Crippen molar-refractivity contribution in [2.45, 2.75) is 71.6 Å². The Labute approximate surface area is 246 Å². The van der Waals surface area contributed by atoms with Crippen LogP contribution in [0.25, 0.3) is 0 Å². The molecule has 0 aromatic heterocycles. The van der Waals surface area contributed by atoms with Crippen molar-refractivity contribution in [3.63, 3.8) is 0 Å². The smallest absolute Gasteiger partial charge is 0.285 e. The highest BCUT2D eigenvalue weighted by atomic mass is 79.9. The molecule has 0 amide bonds. The standard InChI is InChI=1S/C27H30Br2N2O6S2/c1-4-37-26(30-38(33,34)21-14-10-18(2)11-15-21)23(28)24-27(29,25(32)20-8-6-5-7-9-20)31(24)39(35,36)22-16-12-19(3)13-17-22/h8,10-17,23-24H,4-7,9H2,1-3H3/b30-26+/t23-,24-,27+,31?/m0/s1. The number of nitrogens with zero attached hydrogens (tertiary/aromatic N) is 2. The SMILES string of the molecule is CCO/C(=N/S(=O)(=O)c1ccc(C)cc1)[C@@H](Br)[C@@H]1N(S(=O)(=O)c2ccc(C)cc2)[C@@]1(Br)C(=O)C1=CCCCC1. The van der Waals surface area contributed by atoms with Crippen molar-refractivity contribution in [1.82, 2.24) is 4.31 Å². The highest BCUT2D eigenvalue weighted by Gasteiger charge is 2.75. The molecule has 1 fully saturated rings. The molecule has 2 aliphatic rings. The van der Waals surface area contributed by atoms with Gasteiger partial charge in [-0.25, -0.2) is 8.42 Å². The Bertz CT molecular complexity index is 1520. The minimum Gasteiger partial charge on any atom is -0.480 e. The van der Waals surface area contributed by atoms with Gasteiger partial charge in [0.2, 0.25) is 15.9 Å². The number of benzene rings is 2. The van der Waals surface area contributed by atoms with Gasteiger partial charge >= 0.3 is 0 Å². The summed E-state index contributed by atoms with van der Waals surface area (Å²) in [6.07, 6.45) is 4.91. The lowest BCUT2D eigenvalue weighted by Gasteiger charge is -2.16. The monoisotopic (exact) mass is 700 g/mol. The number of ketones is 1. The van der Waals surface area contributed by atoms with Gasteiger partial charge in [0.15, 0.2) is 10.2 Å². The summed E-state index contributed by atoms with van der Waals surface area (Å²) in [5.41, 5.74) is 2.32. The van der Waals surface area contributed by atoms with Crippen molar-refractivity contribution < 1.29 is 26.4 Å². The number of aryl methyl sites for hydroxylation is 2. The summed E-state index contributed by atoms with van der Waals surface area (Å²) in [5.74, 6) is -0.608. The summed E-state index contributed by atoms with van der Waals surface area (Å²) < 4.78 is 63.0. The van der Waals surface area contributed by atoms with E-state index in [0.29, 0.717) is 12.0 Å². The van der Waals surface area contributed by atoms with E-state index in [0.717, 1.165) is 34.7 Å². The Morgan fingerprint density at radius 1 is 1.03 bits per heavy atom. The number of ether oxygens (including phenoxy) is 1. The Kier molecular flexibility index (Phi) is 8.92. The molecule has 0 spiro atoms. The molecule has 4 rings (SSSR count). The molecule has 0 radical (unpaired) electrons. The van der Waals surface area contributed by atoms with Gasteiger partial charge in [0.05, 0.1) is 22.4 Å². The highest BCUT2D eigenvalue weighted by Crippen LogP contribution is 2.56. The van der Waals surface area contributed by atoms with Gasteiger partial charge in [-0.05, 0) is 76.3 Å². The number of allylic oxidation sites excluding steroid dienone is 1. The van der Waals surface area contributed by atoms with Gasteiger partial charge in [0.1, 0.15) is 4.83 Å². The molecule has 1 saturated heterocycles. The molecule has 2 aromatic rings. The van der Waals surface area contributed by atoms with Crippen molar-refractivity contribution in [3.8, 4) is 0 Å². The molecular formula is C27H30Br2N2O6S2. The van der Waals surface area contributed by atoms with Gasteiger partial charge in [-0.2, -0.15) is 12.7 Å². The van der Waals surface area contributed by atoms with Crippen molar-refractivity contribution >= 4 is 63.6 Å². The summed E-state index contributed by atoms with van der Waals surface area (Å²) >= 11 is 6.96. The Hall–Kier alpha value is -1.86. The molecule has 0 saturated carbocycles. The number of Topliss-reactive ketones (excluding diaryl/α,β-unsaturated/α-hetero) is 1. The van der Waals surface area contributed by atoms with Crippen LogP contribution in [-0.2, 0) is 29.6 Å². The lowest BCUT2D eigenvalue weighted by Crippen LogP contribution is -2.32. The molecule has 1 aliphatic carbocycles. The van der Waals surface area contributed by atoms with Crippen molar-refractivity contribution in [2.24, 2.45) is 4.40 Å². The highest BCUT2D eigenvalue weighted by molar-refractivity contribution is 9.11. The number of halogens is 2. The molecule has 1 heterocycles. The summed E-state index contributed by atoms with van der Waals surface area (Å²) in [6, 6.07) is 11.5. The van der Waals surface area contributed by atoms with E-state index in [9.17, 15) is 21.6 Å². The molecular weight excluding hydrogens is 672 g/mol. The number of rotatable bonds is 9. The third-order valence-electron chi connectivity index (χ3n) is 6.71. The van der Waals surface area contributed by atoms with E-state index in [4.69, 9.17) is 4.74 Å². The normalized spacial score (nSPS) is 24.5. The van der Waals surface area contributed by atoms with E-state index in [2.05, 4.69) is 36.3 Å². The van der Waals surface area contributed by atoms with Gasteiger partial charge in [-0.1, -0.05) is 73.3 Å². The number of carbonyl (C=O) groups excluding carboxylic acids is 1. The fourth-order valence-corrected chi connectivity index (χ4v) is 10.4. The molecule has 39 heavy (non-hydrogen) atoms. The zero-order valence-corrected chi connectivity index (χ0v) is 26.6. The Morgan fingerprint density at radius 2 is 1.59 bits per heavy atom. The molecule has 2 aromatic carbocycles. The number of hydrogen-bond acceptors (Lipinski definition) is 6. The van der Waals surface area contributed by atoms with Crippen LogP contribution in [0.15, 0.2) is 74.4 Å². The van der Waals surface area contributed by atoms with Gasteiger partial charge in [-0.15, -0.1) is 4.40 Å². The van der Waals surface area contributed by atoms with Crippen LogP contribution in [0, 0.1) is 13.8 Å². The van der Waals surface area contributed by atoms with E-state index in [1.807, 2.05) is 19.9 Å². The van der Waals surface area contributed by atoms with E-state index < -0.39 is 35.4 Å². The van der Waals surface area contributed by atoms with Crippen LogP contribution in [0.2, 0.25) is 0 Å². The van der Waals surface area contributed by atoms with Crippen LogP contribution in [0.4, 0.5) is 0 Å². The maximum absolute atomic E-state index is 13.8. The molecule has 1 unspecified atom stereocenters. The van der Waals surface area contributed by atoms with Crippen LogP contribution in [0.1, 0.15) is 43.7 Å². The zero-order valence-electron chi connectivity index (χ0n) is 21.8. The third kappa shape index (κ3) is 5.95. The molecule has 210 valence electrons. The Morgan fingerprint density at radius 3 is 2.10 bits per heavy atom. The fraction of sp³-hybridized carbons (Fsp3) is 0.407.